The summed E-state index contributed by atoms with van der Waals surface area (Å²) in [7, 11) is -3.43. The van der Waals surface area contributed by atoms with Crippen LogP contribution in [0.3, 0.4) is 0 Å². The molecule has 8 heteroatoms. The molecule has 2 atom stereocenters. The molecule has 1 amide bonds. The van der Waals surface area contributed by atoms with Crippen molar-refractivity contribution in [2.24, 2.45) is 5.41 Å². The first kappa shape index (κ1) is 19.8. The van der Waals surface area contributed by atoms with Crippen molar-refractivity contribution in [1.82, 2.24) is 14.9 Å². The predicted molar refractivity (Wildman–Crippen MR) is 104 cm³/mol. The Bertz CT molecular complexity index is 752. The highest BCUT2D eigenvalue weighted by molar-refractivity contribution is 7.91. The van der Waals surface area contributed by atoms with E-state index in [-0.39, 0.29) is 11.9 Å². The highest BCUT2D eigenvalue weighted by atomic mass is 32.2. The van der Waals surface area contributed by atoms with E-state index >= 15 is 0 Å². The summed E-state index contributed by atoms with van der Waals surface area (Å²) in [5, 5.41) is 6.43. The quantitative estimate of drug-likeness (QED) is 0.793. The zero-order chi connectivity index (χ0) is 18.9. The predicted octanol–water partition coefficient (Wildman–Crippen LogP) is 1.97. The van der Waals surface area contributed by atoms with Crippen LogP contribution in [0.25, 0.3) is 0 Å². The van der Waals surface area contributed by atoms with Gasteiger partial charge >= 0.3 is 0 Å². The minimum absolute atomic E-state index is 0.00835. The van der Waals surface area contributed by atoms with Crippen molar-refractivity contribution in [3.63, 3.8) is 0 Å². The fourth-order valence-corrected chi connectivity index (χ4v) is 6.46. The molecule has 2 unspecified atom stereocenters. The molecule has 0 spiro atoms. The third-order valence-corrected chi connectivity index (χ3v) is 8.53. The Kier molecular flexibility index (Phi) is 5.77. The third-order valence-electron chi connectivity index (χ3n) is 5.06. The van der Waals surface area contributed by atoms with Crippen molar-refractivity contribution in [3.8, 4) is 0 Å². The normalized spacial score (nSPS) is 24.4. The molecular weight excluding hydrogens is 370 g/mol. The summed E-state index contributed by atoms with van der Waals surface area (Å²) in [6, 6.07) is 4.32. The number of carbonyl (C=O) groups excluding carboxylic acids is 1. The van der Waals surface area contributed by atoms with Gasteiger partial charge in [-0.1, -0.05) is 20.8 Å². The Labute approximate surface area is 160 Å². The summed E-state index contributed by atoms with van der Waals surface area (Å²) < 4.78 is 28.0. The highest BCUT2D eigenvalue weighted by Gasteiger charge is 2.35. The lowest BCUT2D eigenvalue weighted by Gasteiger charge is -2.22. The summed E-state index contributed by atoms with van der Waals surface area (Å²) in [4.78, 5) is 12.9. The molecule has 3 rings (SSSR count). The number of rotatable bonds is 5. The zero-order valence-electron chi connectivity index (χ0n) is 15.7. The Hall–Kier alpha value is -0.960. The number of carbonyl (C=O) groups is 1. The van der Waals surface area contributed by atoms with Crippen LogP contribution in [0.1, 0.15) is 44.9 Å². The third kappa shape index (κ3) is 4.47. The lowest BCUT2D eigenvalue weighted by molar-refractivity contribution is -0.128. The van der Waals surface area contributed by atoms with Crippen molar-refractivity contribution in [1.29, 1.82) is 0 Å². The molecular formula is C18H29N3O3S2. The minimum atomic E-state index is -3.43. The molecule has 2 N–H and O–H groups in total. The molecule has 2 aliphatic rings. The molecule has 26 heavy (non-hydrogen) atoms. The molecule has 3 heterocycles. The second kappa shape index (κ2) is 7.58. The van der Waals surface area contributed by atoms with Gasteiger partial charge in [-0.15, -0.1) is 11.3 Å². The van der Waals surface area contributed by atoms with E-state index in [0.29, 0.717) is 36.3 Å². The maximum Gasteiger partial charge on any atom is 0.252 e. The van der Waals surface area contributed by atoms with Crippen molar-refractivity contribution < 1.29 is 13.2 Å². The van der Waals surface area contributed by atoms with Gasteiger partial charge in [-0.2, -0.15) is 4.31 Å². The van der Waals surface area contributed by atoms with E-state index in [1.807, 2.05) is 26.8 Å². The molecule has 0 aromatic carbocycles. The molecule has 0 radical (unpaired) electrons. The Morgan fingerprint density at radius 1 is 1.27 bits per heavy atom. The Morgan fingerprint density at radius 3 is 2.73 bits per heavy atom. The number of sulfonamides is 1. The standard InChI is InChI=1S/C18H29N3O3S2/c1-18(2,3)17(22)19-10-8-15-6-7-16(25-15)26(23,24)21-11-9-13-4-5-14(12-21)20-13/h6-7,13-14,20H,4-5,8-12H2,1-3H3,(H,19,22). The van der Waals surface area contributed by atoms with Crippen LogP contribution < -0.4 is 10.6 Å². The van der Waals surface area contributed by atoms with E-state index < -0.39 is 15.4 Å². The molecule has 2 saturated heterocycles. The van der Waals surface area contributed by atoms with Crippen LogP contribution in [0, 0.1) is 5.41 Å². The summed E-state index contributed by atoms with van der Waals surface area (Å²) in [6.45, 7) is 7.30. The number of amides is 1. The summed E-state index contributed by atoms with van der Waals surface area (Å²) >= 11 is 1.32. The maximum atomic E-state index is 13.0. The van der Waals surface area contributed by atoms with Crippen molar-refractivity contribution in [3.05, 3.63) is 17.0 Å². The van der Waals surface area contributed by atoms with E-state index in [0.717, 1.165) is 24.1 Å². The number of nitrogens with zero attached hydrogens (tertiary/aromatic N) is 1. The second-order valence-corrected chi connectivity index (χ2v) is 11.6. The van der Waals surface area contributed by atoms with Gasteiger partial charge in [0.15, 0.2) is 0 Å². The number of hydrogen-bond acceptors (Lipinski definition) is 5. The van der Waals surface area contributed by atoms with E-state index in [1.165, 1.54) is 11.3 Å². The SMILES string of the molecule is CC(C)(C)C(=O)NCCc1ccc(S(=O)(=O)N2CCC3CCC(C2)N3)s1. The van der Waals surface area contributed by atoms with Crippen LogP contribution >= 0.6 is 11.3 Å². The van der Waals surface area contributed by atoms with Crippen molar-refractivity contribution >= 4 is 27.3 Å². The van der Waals surface area contributed by atoms with Crippen LogP contribution in [0.2, 0.25) is 0 Å². The Morgan fingerprint density at radius 2 is 2.00 bits per heavy atom. The van der Waals surface area contributed by atoms with Gasteiger partial charge in [0, 0.05) is 42.0 Å². The van der Waals surface area contributed by atoms with Crippen LogP contribution in [0.4, 0.5) is 0 Å². The zero-order valence-corrected chi connectivity index (χ0v) is 17.4. The lowest BCUT2D eigenvalue weighted by atomic mass is 9.96. The molecule has 0 aliphatic carbocycles. The highest BCUT2D eigenvalue weighted by Crippen LogP contribution is 2.29. The number of fused-ring (bicyclic) bond motifs is 2. The molecule has 1 aromatic heterocycles. The fourth-order valence-electron chi connectivity index (χ4n) is 3.45. The molecule has 146 valence electrons. The maximum absolute atomic E-state index is 13.0. The van der Waals surface area contributed by atoms with Gasteiger partial charge in [0.05, 0.1) is 0 Å². The first-order valence-corrected chi connectivity index (χ1v) is 11.5. The van der Waals surface area contributed by atoms with E-state index in [2.05, 4.69) is 10.6 Å². The average Bonchev–Trinajstić information content (AvgIpc) is 3.13. The minimum Gasteiger partial charge on any atom is -0.355 e. The molecule has 2 fully saturated rings. The lowest BCUT2D eigenvalue weighted by Crippen LogP contribution is -2.38. The van der Waals surface area contributed by atoms with E-state index in [9.17, 15) is 13.2 Å². The van der Waals surface area contributed by atoms with Gasteiger partial charge in [-0.05, 0) is 37.8 Å². The fraction of sp³-hybridized carbons (Fsp3) is 0.722. The van der Waals surface area contributed by atoms with E-state index in [4.69, 9.17) is 0 Å². The number of hydrogen-bond donors (Lipinski definition) is 2. The van der Waals surface area contributed by atoms with Gasteiger partial charge < -0.3 is 10.6 Å². The molecule has 2 bridgehead atoms. The topological polar surface area (TPSA) is 78.5 Å². The van der Waals surface area contributed by atoms with Crippen molar-refractivity contribution in [2.75, 3.05) is 19.6 Å². The van der Waals surface area contributed by atoms with Gasteiger partial charge in [0.25, 0.3) is 10.0 Å². The molecule has 0 saturated carbocycles. The van der Waals surface area contributed by atoms with Crippen LogP contribution in [-0.2, 0) is 21.2 Å². The summed E-state index contributed by atoms with van der Waals surface area (Å²) in [6.07, 6.45) is 3.74. The number of thiophene rings is 1. The Balaban J connectivity index is 1.60. The monoisotopic (exact) mass is 399 g/mol. The van der Waals surface area contributed by atoms with Gasteiger partial charge in [0.2, 0.25) is 5.91 Å². The first-order valence-electron chi connectivity index (χ1n) is 9.29. The average molecular weight is 400 g/mol. The van der Waals surface area contributed by atoms with Crippen LogP contribution in [0.5, 0.6) is 0 Å². The van der Waals surface area contributed by atoms with Crippen molar-refractivity contribution in [2.45, 2.75) is 62.7 Å². The van der Waals surface area contributed by atoms with Crippen LogP contribution in [-0.4, -0.2) is 50.3 Å². The van der Waals surface area contributed by atoms with Gasteiger partial charge in [-0.3, -0.25) is 4.79 Å². The van der Waals surface area contributed by atoms with Gasteiger partial charge in [0.1, 0.15) is 4.21 Å². The largest absolute Gasteiger partial charge is 0.355 e. The first-order chi connectivity index (χ1) is 12.2. The number of nitrogens with one attached hydrogen (secondary N) is 2. The smallest absolute Gasteiger partial charge is 0.252 e. The van der Waals surface area contributed by atoms with Crippen LogP contribution in [0.15, 0.2) is 16.3 Å². The summed E-state index contributed by atoms with van der Waals surface area (Å²) in [5.74, 6) is 0.00835. The molecule has 1 aromatic rings. The van der Waals surface area contributed by atoms with Gasteiger partial charge in [-0.25, -0.2) is 8.42 Å². The molecule has 2 aliphatic heterocycles. The van der Waals surface area contributed by atoms with E-state index in [1.54, 1.807) is 10.4 Å². The molecule has 6 nitrogen and oxygen atoms in total. The summed E-state index contributed by atoms with van der Waals surface area (Å²) in [5.41, 5.74) is -0.413. The second-order valence-electron chi connectivity index (χ2n) is 8.27.